The van der Waals surface area contributed by atoms with Crippen molar-refractivity contribution >= 4 is 5.91 Å². The Labute approximate surface area is 157 Å². The molecule has 0 saturated carbocycles. The number of aromatic amines is 1. The molecule has 2 aromatic heterocycles. The van der Waals surface area contributed by atoms with E-state index in [-0.39, 0.29) is 17.4 Å². The highest BCUT2D eigenvalue weighted by molar-refractivity contribution is 5.93. The van der Waals surface area contributed by atoms with Crippen molar-refractivity contribution in [2.24, 2.45) is 0 Å². The van der Waals surface area contributed by atoms with Gasteiger partial charge >= 0.3 is 0 Å². The number of carbonyl (C=O) groups is 1. The summed E-state index contributed by atoms with van der Waals surface area (Å²) in [5.74, 6) is 1.19. The second-order valence-electron chi connectivity index (χ2n) is 6.93. The van der Waals surface area contributed by atoms with E-state index in [1.165, 1.54) is 17.8 Å². The highest BCUT2D eigenvalue weighted by Crippen LogP contribution is 2.27. The van der Waals surface area contributed by atoms with Crippen LogP contribution in [-0.2, 0) is 6.54 Å². The van der Waals surface area contributed by atoms with E-state index in [2.05, 4.69) is 26.7 Å². The lowest BCUT2D eigenvalue weighted by Crippen LogP contribution is -2.40. The fraction of sp³-hybridized carbons (Fsp3) is 0.286. The fourth-order valence-corrected chi connectivity index (χ4v) is 3.69. The summed E-state index contributed by atoms with van der Waals surface area (Å²) >= 11 is 0. The Hall–Kier alpha value is -3.15. The Bertz CT molecular complexity index is 957. The number of rotatable bonds is 4. The van der Waals surface area contributed by atoms with Crippen molar-refractivity contribution in [3.63, 3.8) is 0 Å². The largest absolute Gasteiger partial charge is 0.338 e. The number of likely N-dealkylation sites (tertiary alicyclic amines) is 1. The highest BCUT2D eigenvalue weighted by Gasteiger charge is 2.28. The summed E-state index contributed by atoms with van der Waals surface area (Å²) in [6.07, 6.45) is 7.29. The predicted molar refractivity (Wildman–Crippen MR) is 103 cm³/mol. The van der Waals surface area contributed by atoms with Gasteiger partial charge in [0.25, 0.3) is 5.91 Å². The first-order chi connectivity index (χ1) is 13.2. The first-order valence-corrected chi connectivity index (χ1v) is 9.23. The maximum Gasteiger partial charge on any atom is 0.255 e. The van der Waals surface area contributed by atoms with Crippen LogP contribution in [0.15, 0.2) is 65.8 Å². The normalized spacial score (nSPS) is 17.0. The van der Waals surface area contributed by atoms with Gasteiger partial charge in [0.05, 0.1) is 5.56 Å². The number of pyridine rings is 1. The molecule has 1 aliphatic heterocycles. The van der Waals surface area contributed by atoms with Crippen molar-refractivity contribution < 1.29 is 4.79 Å². The first kappa shape index (κ1) is 17.3. The third-order valence-electron chi connectivity index (χ3n) is 5.05. The molecular formula is C21H22N4O2. The molecule has 0 spiro atoms. The third-order valence-corrected chi connectivity index (χ3v) is 5.05. The molecule has 6 nitrogen and oxygen atoms in total. The smallest absolute Gasteiger partial charge is 0.255 e. The van der Waals surface area contributed by atoms with Gasteiger partial charge in [-0.2, -0.15) is 0 Å². The molecule has 1 aromatic carbocycles. The summed E-state index contributed by atoms with van der Waals surface area (Å²) in [6.45, 7) is 2.15. The van der Waals surface area contributed by atoms with Gasteiger partial charge in [0.1, 0.15) is 5.82 Å². The van der Waals surface area contributed by atoms with Crippen molar-refractivity contribution in [1.82, 2.24) is 19.4 Å². The van der Waals surface area contributed by atoms with E-state index in [0.29, 0.717) is 12.1 Å². The molecule has 27 heavy (non-hydrogen) atoms. The minimum atomic E-state index is -0.203. The van der Waals surface area contributed by atoms with Crippen LogP contribution in [0.1, 0.15) is 40.5 Å². The molecular weight excluding hydrogens is 340 g/mol. The lowest BCUT2D eigenvalue weighted by molar-refractivity contribution is 0.0703. The zero-order valence-electron chi connectivity index (χ0n) is 15.0. The number of hydrogen-bond acceptors (Lipinski definition) is 3. The van der Waals surface area contributed by atoms with E-state index in [1.807, 2.05) is 35.5 Å². The maximum absolute atomic E-state index is 12.8. The van der Waals surface area contributed by atoms with Gasteiger partial charge < -0.3 is 14.5 Å². The highest BCUT2D eigenvalue weighted by atomic mass is 16.2. The number of nitrogens with one attached hydrogen (secondary N) is 1. The first-order valence-electron chi connectivity index (χ1n) is 9.23. The molecule has 1 atom stereocenters. The number of nitrogens with zero attached hydrogens (tertiary/aromatic N) is 3. The molecule has 1 saturated heterocycles. The zero-order valence-corrected chi connectivity index (χ0v) is 15.0. The SMILES string of the molecule is O=C(c1ccc(=O)[nH]c1)N1CCC[C@@H](c2nccn2Cc2ccccc2)C1. The summed E-state index contributed by atoms with van der Waals surface area (Å²) in [5.41, 5.74) is 1.54. The summed E-state index contributed by atoms with van der Waals surface area (Å²) in [6, 6.07) is 13.3. The van der Waals surface area contributed by atoms with E-state index in [0.717, 1.165) is 31.8 Å². The molecule has 6 heteroatoms. The molecule has 1 N–H and O–H groups in total. The Kier molecular flexibility index (Phi) is 4.87. The quantitative estimate of drug-likeness (QED) is 0.776. The fourth-order valence-electron chi connectivity index (χ4n) is 3.69. The second-order valence-corrected chi connectivity index (χ2v) is 6.93. The van der Waals surface area contributed by atoms with E-state index in [4.69, 9.17) is 0 Å². The molecule has 0 bridgehead atoms. The molecule has 0 unspecified atom stereocenters. The van der Waals surface area contributed by atoms with Gasteiger partial charge in [-0.05, 0) is 24.5 Å². The number of carbonyl (C=O) groups excluding carboxylic acids is 1. The van der Waals surface area contributed by atoms with Crippen molar-refractivity contribution in [1.29, 1.82) is 0 Å². The number of amides is 1. The molecule has 0 radical (unpaired) electrons. The Morgan fingerprint density at radius 3 is 2.81 bits per heavy atom. The molecule has 1 amide bonds. The molecule has 3 aromatic rings. The van der Waals surface area contributed by atoms with Crippen LogP contribution in [0.5, 0.6) is 0 Å². The number of benzene rings is 1. The van der Waals surface area contributed by atoms with Gasteiger partial charge in [-0.1, -0.05) is 30.3 Å². The third kappa shape index (κ3) is 3.84. The van der Waals surface area contributed by atoms with Gasteiger partial charge in [-0.25, -0.2) is 4.98 Å². The van der Waals surface area contributed by atoms with E-state index >= 15 is 0 Å². The standard InChI is InChI=1S/C21H22N4O2/c26-19-9-8-17(13-23-19)21(27)25-11-4-7-18(15-25)20-22-10-12-24(20)14-16-5-2-1-3-6-16/h1-3,5-6,8-10,12-13,18H,4,7,11,14-15H2,(H,23,26)/t18-/m1/s1. The van der Waals surface area contributed by atoms with Gasteiger partial charge in [-0.15, -0.1) is 0 Å². The molecule has 1 fully saturated rings. The summed E-state index contributed by atoms with van der Waals surface area (Å²) in [7, 11) is 0. The average Bonchev–Trinajstić information content (AvgIpc) is 3.17. The van der Waals surface area contributed by atoms with Crippen LogP contribution < -0.4 is 5.56 Å². The summed E-state index contributed by atoms with van der Waals surface area (Å²) in [5, 5.41) is 0. The topological polar surface area (TPSA) is 71.0 Å². The molecule has 0 aliphatic carbocycles. The Morgan fingerprint density at radius 2 is 2.04 bits per heavy atom. The minimum Gasteiger partial charge on any atom is -0.338 e. The lowest BCUT2D eigenvalue weighted by Gasteiger charge is -2.32. The van der Waals surface area contributed by atoms with Crippen molar-refractivity contribution in [3.8, 4) is 0 Å². The number of imidazole rings is 1. The molecule has 138 valence electrons. The van der Waals surface area contributed by atoms with Gasteiger partial charge in [-0.3, -0.25) is 9.59 Å². The van der Waals surface area contributed by atoms with E-state index < -0.39 is 0 Å². The van der Waals surface area contributed by atoms with Crippen LogP contribution in [0.3, 0.4) is 0 Å². The van der Waals surface area contributed by atoms with Crippen LogP contribution in [0.4, 0.5) is 0 Å². The van der Waals surface area contributed by atoms with Crippen molar-refractivity contribution in [3.05, 3.63) is 88.4 Å². The van der Waals surface area contributed by atoms with E-state index in [9.17, 15) is 9.59 Å². The lowest BCUT2D eigenvalue weighted by atomic mass is 9.96. The minimum absolute atomic E-state index is 0.0443. The molecule has 1 aliphatic rings. The Morgan fingerprint density at radius 1 is 1.19 bits per heavy atom. The van der Waals surface area contributed by atoms with Crippen LogP contribution in [0.2, 0.25) is 0 Å². The molecule has 3 heterocycles. The number of H-pyrrole nitrogens is 1. The van der Waals surface area contributed by atoms with E-state index in [1.54, 1.807) is 6.07 Å². The summed E-state index contributed by atoms with van der Waals surface area (Å²) < 4.78 is 2.17. The van der Waals surface area contributed by atoms with Crippen LogP contribution >= 0.6 is 0 Å². The predicted octanol–water partition coefficient (Wildman–Crippen LogP) is 2.64. The number of piperidine rings is 1. The molecule has 4 rings (SSSR count). The number of aromatic nitrogens is 3. The Balaban J connectivity index is 1.50. The second kappa shape index (κ2) is 7.61. The van der Waals surface area contributed by atoms with Crippen molar-refractivity contribution in [2.45, 2.75) is 25.3 Å². The average molecular weight is 362 g/mol. The van der Waals surface area contributed by atoms with Crippen LogP contribution in [-0.4, -0.2) is 38.4 Å². The monoisotopic (exact) mass is 362 g/mol. The van der Waals surface area contributed by atoms with Gasteiger partial charge in [0.15, 0.2) is 0 Å². The van der Waals surface area contributed by atoms with Gasteiger partial charge in [0, 0.05) is 50.2 Å². The summed E-state index contributed by atoms with van der Waals surface area (Å²) in [4.78, 5) is 33.0. The van der Waals surface area contributed by atoms with Crippen LogP contribution in [0.25, 0.3) is 0 Å². The van der Waals surface area contributed by atoms with Crippen molar-refractivity contribution in [2.75, 3.05) is 13.1 Å². The van der Waals surface area contributed by atoms with Crippen LogP contribution in [0, 0.1) is 0 Å². The zero-order chi connectivity index (χ0) is 18.6. The maximum atomic E-state index is 12.8. The number of hydrogen-bond donors (Lipinski definition) is 1. The van der Waals surface area contributed by atoms with Gasteiger partial charge in [0.2, 0.25) is 5.56 Å².